The summed E-state index contributed by atoms with van der Waals surface area (Å²) in [4.78, 5) is 4.03. The summed E-state index contributed by atoms with van der Waals surface area (Å²) in [6, 6.07) is 8.63. The zero-order chi connectivity index (χ0) is 11.2. The lowest BCUT2D eigenvalue weighted by molar-refractivity contribution is 0.797. The maximum absolute atomic E-state index is 4.03. The highest BCUT2D eigenvalue weighted by Gasteiger charge is 1.94. The van der Waals surface area contributed by atoms with Crippen LogP contribution in [0.15, 0.2) is 49.1 Å². The maximum Gasteiger partial charge on any atom is 0.0949 e. The molecule has 1 heterocycles. The van der Waals surface area contributed by atoms with Crippen molar-refractivity contribution in [2.75, 3.05) is 0 Å². The quantitative estimate of drug-likeness (QED) is 0.760. The van der Waals surface area contributed by atoms with E-state index in [1.165, 1.54) is 11.1 Å². The average molecular weight is 212 g/mol. The molecule has 0 fully saturated rings. The van der Waals surface area contributed by atoms with Gasteiger partial charge < -0.3 is 4.57 Å². The number of nitrogens with zero attached hydrogens (tertiary/aromatic N) is 2. The Hall–Kier alpha value is -1.83. The average Bonchev–Trinajstić information content (AvgIpc) is 2.81. The number of hydrogen-bond donors (Lipinski definition) is 0. The smallest absolute Gasteiger partial charge is 0.0949 e. The fourth-order valence-electron chi connectivity index (χ4n) is 1.58. The summed E-state index contributed by atoms with van der Waals surface area (Å²) in [6.07, 6.45) is 11.0. The minimum atomic E-state index is 0.887. The van der Waals surface area contributed by atoms with E-state index in [2.05, 4.69) is 52.9 Å². The number of aromatic nitrogens is 2. The monoisotopic (exact) mass is 212 g/mol. The van der Waals surface area contributed by atoms with Crippen molar-refractivity contribution in [3.05, 3.63) is 60.2 Å². The number of allylic oxidation sites excluding steroid dienone is 1. The first kappa shape index (κ1) is 10.7. The van der Waals surface area contributed by atoms with Gasteiger partial charge in [0.2, 0.25) is 0 Å². The van der Waals surface area contributed by atoms with E-state index in [0.29, 0.717) is 0 Å². The molecule has 0 spiro atoms. The van der Waals surface area contributed by atoms with Crippen molar-refractivity contribution in [1.82, 2.24) is 9.55 Å². The van der Waals surface area contributed by atoms with Gasteiger partial charge in [0.15, 0.2) is 0 Å². The molecule has 0 amide bonds. The van der Waals surface area contributed by atoms with Crippen LogP contribution < -0.4 is 0 Å². The zero-order valence-electron chi connectivity index (χ0n) is 9.50. The van der Waals surface area contributed by atoms with Gasteiger partial charge in [0, 0.05) is 18.9 Å². The lowest BCUT2D eigenvalue weighted by Crippen LogP contribution is -1.95. The van der Waals surface area contributed by atoms with Crippen molar-refractivity contribution >= 4 is 6.08 Å². The molecule has 1 aromatic heterocycles. The summed E-state index contributed by atoms with van der Waals surface area (Å²) in [7, 11) is 0. The predicted molar refractivity (Wildman–Crippen MR) is 67.1 cm³/mol. The van der Waals surface area contributed by atoms with E-state index in [1.807, 2.05) is 12.5 Å². The zero-order valence-corrected chi connectivity index (χ0v) is 9.50. The molecule has 0 aliphatic heterocycles. The van der Waals surface area contributed by atoms with Crippen LogP contribution in [0, 0.1) is 0 Å². The summed E-state index contributed by atoms with van der Waals surface area (Å²) in [5, 5.41) is 0. The summed E-state index contributed by atoms with van der Waals surface area (Å²) in [6.45, 7) is 3.03. The normalized spacial score (nSPS) is 11.1. The van der Waals surface area contributed by atoms with Gasteiger partial charge in [-0.05, 0) is 17.5 Å². The predicted octanol–water partition coefficient (Wildman–Crippen LogP) is 3.35. The number of rotatable bonds is 4. The molecular weight excluding hydrogens is 196 g/mol. The second-order valence-electron chi connectivity index (χ2n) is 3.79. The van der Waals surface area contributed by atoms with E-state index in [0.717, 1.165) is 13.0 Å². The third kappa shape index (κ3) is 2.83. The molecule has 2 heteroatoms. The summed E-state index contributed by atoms with van der Waals surface area (Å²) < 4.78 is 2.07. The van der Waals surface area contributed by atoms with Crippen LogP contribution in [0.5, 0.6) is 0 Å². The molecular formula is C14H16N2. The van der Waals surface area contributed by atoms with Crippen molar-refractivity contribution in [3.8, 4) is 0 Å². The lowest BCUT2D eigenvalue weighted by atomic mass is 10.1. The number of benzene rings is 1. The van der Waals surface area contributed by atoms with Crippen LogP contribution in [0.4, 0.5) is 0 Å². The number of hydrogen-bond acceptors (Lipinski definition) is 1. The maximum atomic E-state index is 4.03. The third-order valence-electron chi connectivity index (χ3n) is 2.45. The van der Waals surface area contributed by atoms with E-state index < -0.39 is 0 Å². The molecule has 0 bridgehead atoms. The van der Waals surface area contributed by atoms with Gasteiger partial charge in [-0.25, -0.2) is 4.98 Å². The highest BCUT2D eigenvalue weighted by Crippen LogP contribution is 2.08. The molecule has 0 saturated carbocycles. The van der Waals surface area contributed by atoms with Crippen molar-refractivity contribution < 1.29 is 0 Å². The molecule has 2 nitrogen and oxygen atoms in total. The fourth-order valence-corrected chi connectivity index (χ4v) is 1.58. The molecule has 0 unspecified atom stereocenters. The Morgan fingerprint density at radius 2 is 2.06 bits per heavy atom. The van der Waals surface area contributed by atoms with Gasteiger partial charge in [0.1, 0.15) is 0 Å². The Morgan fingerprint density at radius 1 is 1.25 bits per heavy atom. The molecule has 82 valence electrons. The topological polar surface area (TPSA) is 17.8 Å². The van der Waals surface area contributed by atoms with Crippen LogP contribution >= 0.6 is 0 Å². The SMILES string of the molecule is CC/C=C/c1ccc(Cn2ccnc2)cc1. The Balaban J connectivity index is 2.05. The Labute approximate surface area is 96.3 Å². The summed E-state index contributed by atoms with van der Waals surface area (Å²) in [5.41, 5.74) is 2.56. The standard InChI is InChI=1S/C14H16N2/c1-2-3-4-13-5-7-14(8-6-13)11-16-10-9-15-12-16/h3-10,12H,2,11H2,1H3/b4-3+. The third-order valence-corrected chi connectivity index (χ3v) is 2.45. The molecule has 0 saturated heterocycles. The van der Waals surface area contributed by atoms with Gasteiger partial charge in [0.25, 0.3) is 0 Å². The molecule has 2 rings (SSSR count). The molecule has 0 atom stereocenters. The second kappa shape index (κ2) is 5.31. The van der Waals surface area contributed by atoms with Crippen LogP contribution in [0.2, 0.25) is 0 Å². The van der Waals surface area contributed by atoms with Crippen LogP contribution in [-0.2, 0) is 6.54 Å². The molecule has 0 aliphatic rings. The first-order valence-electron chi connectivity index (χ1n) is 5.59. The lowest BCUT2D eigenvalue weighted by Gasteiger charge is -2.02. The fraction of sp³-hybridized carbons (Fsp3) is 0.214. The molecule has 16 heavy (non-hydrogen) atoms. The second-order valence-corrected chi connectivity index (χ2v) is 3.79. The van der Waals surface area contributed by atoms with Crippen LogP contribution in [0.25, 0.3) is 6.08 Å². The first-order valence-corrected chi connectivity index (χ1v) is 5.59. The van der Waals surface area contributed by atoms with Crippen molar-refractivity contribution in [3.63, 3.8) is 0 Å². The minimum absolute atomic E-state index is 0.887. The van der Waals surface area contributed by atoms with E-state index in [1.54, 1.807) is 6.20 Å². The largest absolute Gasteiger partial charge is 0.333 e. The van der Waals surface area contributed by atoms with E-state index in [4.69, 9.17) is 0 Å². The van der Waals surface area contributed by atoms with Gasteiger partial charge in [-0.15, -0.1) is 0 Å². The summed E-state index contributed by atoms with van der Waals surface area (Å²) >= 11 is 0. The molecule has 0 aliphatic carbocycles. The highest BCUT2D eigenvalue weighted by atomic mass is 15.0. The van der Waals surface area contributed by atoms with Gasteiger partial charge in [0.05, 0.1) is 6.33 Å². The van der Waals surface area contributed by atoms with Crippen LogP contribution in [0.3, 0.4) is 0 Å². The van der Waals surface area contributed by atoms with Crippen molar-refractivity contribution in [2.24, 2.45) is 0 Å². The number of imidazole rings is 1. The van der Waals surface area contributed by atoms with Crippen LogP contribution in [-0.4, -0.2) is 9.55 Å². The van der Waals surface area contributed by atoms with Crippen molar-refractivity contribution in [2.45, 2.75) is 19.9 Å². The molecule has 0 N–H and O–H groups in total. The van der Waals surface area contributed by atoms with Gasteiger partial charge in [-0.1, -0.05) is 43.3 Å². The van der Waals surface area contributed by atoms with Gasteiger partial charge in [-0.3, -0.25) is 0 Å². The minimum Gasteiger partial charge on any atom is -0.333 e. The summed E-state index contributed by atoms with van der Waals surface area (Å²) in [5.74, 6) is 0. The van der Waals surface area contributed by atoms with Gasteiger partial charge in [-0.2, -0.15) is 0 Å². The van der Waals surface area contributed by atoms with E-state index in [-0.39, 0.29) is 0 Å². The molecule has 0 radical (unpaired) electrons. The molecule has 2 aromatic rings. The van der Waals surface area contributed by atoms with Crippen molar-refractivity contribution in [1.29, 1.82) is 0 Å². The Kier molecular flexibility index (Phi) is 3.54. The Bertz CT molecular complexity index is 438. The molecule has 1 aromatic carbocycles. The van der Waals surface area contributed by atoms with E-state index >= 15 is 0 Å². The Morgan fingerprint density at radius 3 is 2.69 bits per heavy atom. The van der Waals surface area contributed by atoms with Gasteiger partial charge >= 0.3 is 0 Å². The first-order chi connectivity index (χ1) is 7.88. The highest BCUT2D eigenvalue weighted by molar-refractivity contribution is 5.49. The van der Waals surface area contributed by atoms with E-state index in [9.17, 15) is 0 Å². The van der Waals surface area contributed by atoms with Crippen LogP contribution in [0.1, 0.15) is 24.5 Å².